The first-order chi connectivity index (χ1) is 20.0. The van der Waals surface area contributed by atoms with Gasteiger partial charge in [0.1, 0.15) is 12.2 Å². The molecule has 0 radical (unpaired) electrons. The zero-order valence-electron chi connectivity index (χ0n) is 25.7. The summed E-state index contributed by atoms with van der Waals surface area (Å²) in [4.78, 5) is 78.5. The van der Waals surface area contributed by atoms with Gasteiger partial charge >= 0.3 is 23.9 Å². The van der Waals surface area contributed by atoms with E-state index in [0.717, 1.165) is 13.8 Å². The summed E-state index contributed by atoms with van der Waals surface area (Å²) in [5.74, 6) is -6.55. The van der Waals surface area contributed by atoms with Crippen molar-refractivity contribution >= 4 is 35.4 Å². The molecule has 0 N–H and O–H groups in total. The highest BCUT2D eigenvalue weighted by Crippen LogP contribution is 2.50. The molecule has 1 aromatic carbocycles. The van der Waals surface area contributed by atoms with Gasteiger partial charge < -0.3 is 18.9 Å². The van der Waals surface area contributed by atoms with E-state index < -0.39 is 82.5 Å². The third-order valence-corrected chi connectivity index (χ3v) is 7.99. The SMILES string of the molecule is C=C1C[C@H](OC(C)=O)C(=O)C(C)(C)/C=C/[C@@H](C)C(=O)[C@]2(OC(C)=O)C[C@H](C)[C@@H](OC(=O)c3ccccc3)[C@H]2[C@@H]1OC(C)=O. The minimum Gasteiger partial charge on any atom is -0.458 e. The summed E-state index contributed by atoms with van der Waals surface area (Å²) in [7, 11) is 0. The highest BCUT2D eigenvalue weighted by atomic mass is 16.6. The molecule has 10 nitrogen and oxygen atoms in total. The molecule has 2 aliphatic rings. The van der Waals surface area contributed by atoms with E-state index in [9.17, 15) is 28.8 Å². The number of hydrogen-bond acceptors (Lipinski definition) is 10. The first-order valence-corrected chi connectivity index (χ1v) is 14.3. The molecule has 0 unspecified atom stereocenters. The Balaban J connectivity index is 2.29. The molecule has 0 amide bonds. The van der Waals surface area contributed by atoms with E-state index in [0.29, 0.717) is 0 Å². The van der Waals surface area contributed by atoms with Gasteiger partial charge in [0, 0.05) is 44.9 Å². The number of Topliss-reactive ketones (excluding diaryl/α,β-unsaturated/α-hetero) is 2. The summed E-state index contributed by atoms with van der Waals surface area (Å²) in [5.41, 5.74) is -2.70. The first-order valence-electron chi connectivity index (χ1n) is 14.3. The molecular formula is C33H40O10. The Bertz CT molecular complexity index is 1330. The van der Waals surface area contributed by atoms with E-state index in [-0.39, 0.29) is 24.0 Å². The van der Waals surface area contributed by atoms with Crippen molar-refractivity contribution in [3.63, 3.8) is 0 Å². The maximum absolute atomic E-state index is 14.4. The van der Waals surface area contributed by atoms with Crippen LogP contribution in [0.4, 0.5) is 0 Å². The third kappa shape index (κ3) is 7.29. The molecule has 10 heteroatoms. The molecule has 7 atom stereocenters. The molecule has 232 valence electrons. The lowest BCUT2D eigenvalue weighted by atomic mass is 9.73. The molecule has 1 fully saturated rings. The third-order valence-electron chi connectivity index (χ3n) is 7.99. The fourth-order valence-corrected chi connectivity index (χ4v) is 6.09. The van der Waals surface area contributed by atoms with Crippen molar-refractivity contribution in [2.24, 2.45) is 23.2 Å². The van der Waals surface area contributed by atoms with E-state index in [1.807, 2.05) is 0 Å². The molecule has 0 spiro atoms. The molecule has 43 heavy (non-hydrogen) atoms. The molecule has 1 aromatic rings. The molecule has 2 aliphatic carbocycles. The van der Waals surface area contributed by atoms with Crippen LogP contribution in [0.5, 0.6) is 0 Å². The molecule has 0 heterocycles. The van der Waals surface area contributed by atoms with Gasteiger partial charge in [-0.3, -0.25) is 24.0 Å². The van der Waals surface area contributed by atoms with Gasteiger partial charge in [-0.25, -0.2) is 4.79 Å². The van der Waals surface area contributed by atoms with Crippen LogP contribution in [0.3, 0.4) is 0 Å². The predicted molar refractivity (Wildman–Crippen MR) is 154 cm³/mol. The molecule has 0 aromatic heterocycles. The van der Waals surface area contributed by atoms with Gasteiger partial charge in [0.2, 0.25) is 0 Å². The number of fused-ring (bicyclic) bond motifs is 1. The Labute approximate surface area is 251 Å². The quantitative estimate of drug-likeness (QED) is 0.274. The van der Waals surface area contributed by atoms with Gasteiger partial charge in [-0.2, -0.15) is 0 Å². The number of allylic oxidation sites excluding steroid dienone is 2. The second-order valence-corrected chi connectivity index (χ2v) is 12.0. The molecule has 0 bridgehead atoms. The average Bonchev–Trinajstić information content (AvgIpc) is 3.18. The Morgan fingerprint density at radius 3 is 2.02 bits per heavy atom. The van der Waals surface area contributed by atoms with Gasteiger partial charge in [-0.05, 0) is 37.5 Å². The standard InChI is InChI=1S/C33H40O10/c1-18-14-15-32(7,8)30(38)25(40-21(4)34)16-19(2)27(41-22(5)35)26-28(42-31(39)24-12-10-9-11-13-24)20(3)17-33(26,29(18)37)43-23(6)36/h9-15,18,20,25-28H,2,16-17H2,1,3-8H3/b15-14+/t18-,20+,25+,26-,27-,28-,33+/m1/s1. The predicted octanol–water partition coefficient (Wildman–Crippen LogP) is 4.35. The van der Waals surface area contributed by atoms with Crippen molar-refractivity contribution < 1.29 is 47.7 Å². The monoisotopic (exact) mass is 596 g/mol. The Morgan fingerprint density at radius 1 is 0.860 bits per heavy atom. The lowest BCUT2D eigenvalue weighted by Crippen LogP contribution is -2.56. The number of carbonyl (C=O) groups excluding carboxylic acids is 6. The summed E-state index contributed by atoms with van der Waals surface area (Å²) in [6, 6.07) is 8.22. The van der Waals surface area contributed by atoms with E-state index in [1.165, 1.54) is 6.92 Å². The number of benzene rings is 1. The van der Waals surface area contributed by atoms with E-state index in [1.54, 1.807) is 70.2 Å². The van der Waals surface area contributed by atoms with Crippen molar-refractivity contribution in [3.05, 3.63) is 60.2 Å². The zero-order chi connectivity index (χ0) is 32.3. The van der Waals surface area contributed by atoms with Crippen molar-refractivity contribution in [1.82, 2.24) is 0 Å². The number of carbonyl (C=O) groups is 6. The van der Waals surface area contributed by atoms with Crippen molar-refractivity contribution in [2.75, 3.05) is 0 Å². The van der Waals surface area contributed by atoms with Crippen LogP contribution in [-0.4, -0.2) is 59.4 Å². The Kier molecular flexibility index (Phi) is 10.1. The van der Waals surface area contributed by atoms with Gasteiger partial charge in [0.25, 0.3) is 0 Å². The zero-order valence-corrected chi connectivity index (χ0v) is 25.7. The van der Waals surface area contributed by atoms with E-state index in [4.69, 9.17) is 18.9 Å². The fourth-order valence-electron chi connectivity index (χ4n) is 6.09. The first kappa shape index (κ1) is 33.4. The molecule has 0 saturated heterocycles. The Hall–Kier alpha value is -4.08. The number of esters is 4. The van der Waals surface area contributed by atoms with Crippen LogP contribution >= 0.6 is 0 Å². The van der Waals surface area contributed by atoms with Crippen LogP contribution in [0.15, 0.2) is 54.6 Å². The maximum atomic E-state index is 14.4. The maximum Gasteiger partial charge on any atom is 0.338 e. The van der Waals surface area contributed by atoms with Crippen LogP contribution in [0.1, 0.15) is 71.7 Å². The topological polar surface area (TPSA) is 139 Å². The van der Waals surface area contributed by atoms with Crippen LogP contribution in [0.25, 0.3) is 0 Å². The smallest absolute Gasteiger partial charge is 0.338 e. The minimum absolute atomic E-state index is 0.0399. The van der Waals surface area contributed by atoms with E-state index >= 15 is 0 Å². The summed E-state index contributed by atoms with van der Waals surface area (Å²) >= 11 is 0. The van der Waals surface area contributed by atoms with Gasteiger partial charge in [0.05, 0.1) is 11.5 Å². The molecule has 0 aliphatic heterocycles. The van der Waals surface area contributed by atoms with Crippen molar-refractivity contribution in [1.29, 1.82) is 0 Å². The fraction of sp³-hybridized carbons (Fsp3) is 0.515. The number of rotatable bonds is 5. The lowest BCUT2D eigenvalue weighted by Gasteiger charge is -2.41. The second kappa shape index (κ2) is 13.1. The minimum atomic E-state index is -1.90. The second-order valence-electron chi connectivity index (χ2n) is 12.0. The van der Waals surface area contributed by atoms with Crippen LogP contribution in [0, 0.1) is 23.2 Å². The van der Waals surface area contributed by atoms with Crippen LogP contribution in [-0.2, 0) is 42.9 Å². The van der Waals surface area contributed by atoms with Crippen molar-refractivity contribution in [2.45, 2.75) is 85.2 Å². The Morgan fingerprint density at radius 2 is 1.47 bits per heavy atom. The summed E-state index contributed by atoms with van der Waals surface area (Å²) < 4.78 is 23.1. The summed E-state index contributed by atoms with van der Waals surface area (Å²) in [6.07, 6.45) is -0.970. The van der Waals surface area contributed by atoms with Gasteiger partial charge in [-0.1, -0.05) is 50.8 Å². The van der Waals surface area contributed by atoms with Crippen LogP contribution in [0.2, 0.25) is 0 Å². The highest BCUT2D eigenvalue weighted by Gasteiger charge is 2.65. The highest BCUT2D eigenvalue weighted by molar-refractivity contribution is 5.95. The average molecular weight is 597 g/mol. The molecular weight excluding hydrogens is 556 g/mol. The van der Waals surface area contributed by atoms with Crippen LogP contribution < -0.4 is 0 Å². The van der Waals surface area contributed by atoms with Crippen molar-refractivity contribution in [3.8, 4) is 0 Å². The lowest BCUT2D eigenvalue weighted by molar-refractivity contribution is -0.182. The molecule has 1 saturated carbocycles. The summed E-state index contributed by atoms with van der Waals surface area (Å²) in [5, 5.41) is 0. The van der Waals surface area contributed by atoms with Gasteiger partial charge in [0.15, 0.2) is 23.3 Å². The largest absolute Gasteiger partial charge is 0.458 e. The normalized spacial score (nSPS) is 31.5. The van der Waals surface area contributed by atoms with E-state index in [2.05, 4.69) is 6.58 Å². The van der Waals surface area contributed by atoms with Gasteiger partial charge in [-0.15, -0.1) is 0 Å². The number of ketones is 2. The number of hydrogen-bond donors (Lipinski definition) is 0. The number of ether oxygens (including phenoxy) is 4. The summed E-state index contributed by atoms with van der Waals surface area (Å²) in [6.45, 7) is 14.2. The molecule has 3 rings (SSSR count).